The summed E-state index contributed by atoms with van der Waals surface area (Å²) in [5.41, 5.74) is 1.31. The third kappa shape index (κ3) is 2.76. The van der Waals surface area contributed by atoms with Crippen molar-refractivity contribution in [3.63, 3.8) is 0 Å². The van der Waals surface area contributed by atoms with Gasteiger partial charge in [0.05, 0.1) is 18.2 Å². The van der Waals surface area contributed by atoms with Crippen molar-refractivity contribution in [3.8, 4) is 17.6 Å². The SMILES string of the molecule is Cc1[nH]nc(CC#N)c1Oc1cc(Cl)cc(Cl)c1. The summed E-state index contributed by atoms with van der Waals surface area (Å²) in [7, 11) is 0. The molecule has 2 rings (SSSR count). The van der Waals surface area contributed by atoms with E-state index in [-0.39, 0.29) is 6.42 Å². The molecule has 0 saturated heterocycles. The van der Waals surface area contributed by atoms with Crippen molar-refractivity contribution in [2.45, 2.75) is 13.3 Å². The maximum Gasteiger partial charge on any atom is 0.172 e. The van der Waals surface area contributed by atoms with E-state index in [0.717, 1.165) is 5.69 Å². The standard InChI is InChI=1S/C12H9Cl2N3O/c1-7-12(11(2-3-15)17-16-7)18-10-5-8(13)4-9(14)6-10/h4-6H,2H2,1H3,(H,16,17). The Morgan fingerprint density at radius 3 is 2.61 bits per heavy atom. The van der Waals surface area contributed by atoms with Crippen molar-refractivity contribution >= 4 is 23.2 Å². The molecule has 0 saturated carbocycles. The monoisotopic (exact) mass is 281 g/mol. The number of ether oxygens (including phenoxy) is 1. The topological polar surface area (TPSA) is 61.7 Å². The summed E-state index contributed by atoms with van der Waals surface area (Å²) >= 11 is 11.8. The summed E-state index contributed by atoms with van der Waals surface area (Å²) in [6.45, 7) is 1.81. The van der Waals surface area contributed by atoms with E-state index in [4.69, 9.17) is 33.2 Å². The van der Waals surface area contributed by atoms with E-state index in [1.54, 1.807) is 18.2 Å². The zero-order chi connectivity index (χ0) is 13.1. The smallest absolute Gasteiger partial charge is 0.172 e. The molecule has 1 N–H and O–H groups in total. The summed E-state index contributed by atoms with van der Waals surface area (Å²) in [5, 5.41) is 16.5. The van der Waals surface area contributed by atoms with Crippen molar-refractivity contribution in [3.05, 3.63) is 39.6 Å². The lowest BCUT2D eigenvalue weighted by Crippen LogP contribution is -1.90. The second-order valence-corrected chi connectivity index (χ2v) is 4.54. The van der Waals surface area contributed by atoms with Crippen molar-refractivity contribution in [2.75, 3.05) is 0 Å². The van der Waals surface area contributed by atoms with Crippen molar-refractivity contribution in [2.24, 2.45) is 0 Å². The number of aromatic amines is 1. The van der Waals surface area contributed by atoms with Gasteiger partial charge in [0.15, 0.2) is 5.75 Å². The van der Waals surface area contributed by atoms with Gasteiger partial charge < -0.3 is 4.74 Å². The van der Waals surface area contributed by atoms with E-state index in [0.29, 0.717) is 27.2 Å². The van der Waals surface area contributed by atoms with E-state index < -0.39 is 0 Å². The molecule has 0 bridgehead atoms. The van der Waals surface area contributed by atoms with Crippen LogP contribution >= 0.6 is 23.2 Å². The van der Waals surface area contributed by atoms with Crippen molar-refractivity contribution in [1.29, 1.82) is 5.26 Å². The summed E-state index contributed by atoms with van der Waals surface area (Å²) in [6.07, 6.45) is 0.175. The Morgan fingerprint density at radius 1 is 1.33 bits per heavy atom. The number of nitriles is 1. The van der Waals surface area contributed by atoms with Crippen molar-refractivity contribution < 1.29 is 4.74 Å². The summed E-state index contributed by atoms with van der Waals surface area (Å²) in [4.78, 5) is 0. The Morgan fingerprint density at radius 2 is 2.00 bits per heavy atom. The first-order chi connectivity index (χ1) is 8.60. The van der Waals surface area contributed by atoms with Gasteiger partial charge in [-0.1, -0.05) is 23.2 Å². The number of aromatic nitrogens is 2. The van der Waals surface area contributed by atoms with Crippen LogP contribution in [-0.2, 0) is 6.42 Å². The Bertz CT molecular complexity index is 596. The Kier molecular flexibility index (Phi) is 3.75. The zero-order valence-electron chi connectivity index (χ0n) is 9.50. The fourth-order valence-corrected chi connectivity index (χ4v) is 2.01. The van der Waals surface area contributed by atoms with Gasteiger partial charge in [-0.05, 0) is 25.1 Å². The molecular formula is C12H9Cl2N3O. The highest BCUT2D eigenvalue weighted by atomic mass is 35.5. The third-order valence-corrected chi connectivity index (χ3v) is 2.70. The molecule has 1 heterocycles. The molecule has 6 heteroatoms. The number of H-pyrrole nitrogens is 1. The minimum absolute atomic E-state index is 0.175. The van der Waals surface area contributed by atoms with Crippen LogP contribution in [-0.4, -0.2) is 10.2 Å². The van der Waals surface area contributed by atoms with Gasteiger partial charge in [-0.25, -0.2) is 0 Å². The number of halogens is 2. The Labute approximate surface area is 114 Å². The van der Waals surface area contributed by atoms with Crippen LogP contribution in [0.25, 0.3) is 0 Å². The quantitative estimate of drug-likeness (QED) is 0.929. The highest BCUT2D eigenvalue weighted by molar-refractivity contribution is 6.34. The lowest BCUT2D eigenvalue weighted by atomic mass is 10.2. The molecule has 0 spiro atoms. The summed E-state index contributed by atoms with van der Waals surface area (Å²) in [5.74, 6) is 1.05. The fourth-order valence-electron chi connectivity index (χ4n) is 1.50. The molecule has 0 aliphatic rings. The maximum atomic E-state index is 8.71. The first-order valence-electron chi connectivity index (χ1n) is 5.15. The molecular weight excluding hydrogens is 273 g/mol. The molecule has 92 valence electrons. The lowest BCUT2D eigenvalue weighted by molar-refractivity contribution is 0.474. The van der Waals surface area contributed by atoms with E-state index in [2.05, 4.69) is 10.2 Å². The molecule has 1 aromatic carbocycles. The molecule has 1 aromatic heterocycles. The van der Waals surface area contributed by atoms with Gasteiger partial charge in [0.2, 0.25) is 0 Å². The first-order valence-corrected chi connectivity index (χ1v) is 5.90. The van der Waals surface area contributed by atoms with Crippen molar-refractivity contribution in [1.82, 2.24) is 10.2 Å². The number of hydrogen-bond donors (Lipinski definition) is 1. The van der Waals surface area contributed by atoms with Gasteiger partial charge in [0.25, 0.3) is 0 Å². The molecule has 0 amide bonds. The second kappa shape index (κ2) is 5.30. The van der Waals surface area contributed by atoms with Crippen LogP contribution in [0.15, 0.2) is 18.2 Å². The normalized spacial score (nSPS) is 10.1. The molecule has 0 radical (unpaired) electrons. The van der Waals surface area contributed by atoms with Gasteiger partial charge in [-0.15, -0.1) is 0 Å². The van der Waals surface area contributed by atoms with Crippen LogP contribution < -0.4 is 4.74 Å². The Hall–Kier alpha value is -1.70. The predicted molar refractivity (Wildman–Crippen MR) is 69.2 cm³/mol. The highest BCUT2D eigenvalue weighted by Crippen LogP contribution is 2.31. The van der Waals surface area contributed by atoms with E-state index >= 15 is 0 Å². The van der Waals surface area contributed by atoms with Crippen LogP contribution in [0, 0.1) is 18.3 Å². The minimum atomic E-state index is 0.175. The number of aryl methyl sites for hydroxylation is 1. The predicted octanol–water partition coefficient (Wildman–Crippen LogP) is 3.88. The van der Waals surface area contributed by atoms with Gasteiger partial charge in [-0.2, -0.15) is 10.4 Å². The molecule has 0 fully saturated rings. The highest BCUT2D eigenvalue weighted by Gasteiger charge is 2.13. The van der Waals surface area contributed by atoms with Gasteiger partial charge >= 0.3 is 0 Å². The number of benzene rings is 1. The maximum absolute atomic E-state index is 8.71. The molecule has 2 aromatic rings. The lowest BCUT2D eigenvalue weighted by Gasteiger charge is -2.07. The molecule has 0 aliphatic carbocycles. The zero-order valence-corrected chi connectivity index (χ0v) is 11.0. The number of hydrogen-bond acceptors (Lipinski definition) is 3. The van der Waals surface area contributed by atoms with Gasteiger partial charge in [-0.3, -0.25) is 5.10 Å². The van der Waals surface area contributed by atoms with E-state index in [9.17, 15) is 0 Å². The van der Waals surface area contributed by atoms with Crippen LogP contribution in [0.3, 0.4) is 0 Å². The molecule has 4 nitrogen and oxygen atoms in total. The average molecular weight is 282 g/mol. The van der Waals surface area contributed by atoms with Gasteiger partial charge in [0, 0.05) is 10.0 Å². The first kappa shape index (κ1) is 12.7. The molecule has 0 aliphatic heterocycles. The summed E-state index contributed by atoms with van der Waals surface area (Å²) in [6, 6.07) is 6.95. The minimum Gasteiger partial charge on any atom is -0.453 e. The second-order valence-electron chi connectivity index (χ2n) is 3.67. The van der Waals surface area contributed by atoms with E-state index in [1.165, 1.54) is 0 Å². The fraction of sp³-hybridized carbons (Fsp3) is 0.167. The van der Waals surface area contributed by atoms with Crippen LogP contribution in [0.5, 0.6) is 11.5 Å². The molecule has 0 unspecified atom stereocenters. The molecule has 18 heavy (non-hydrogen) atoms. The van der Waals surface area contributed by atoms with Gasteiger partial charge in [0.1, 0.15) is 11.4 Å². The largest absolute Gasteiger partial charge is 0.453 e. The number of nitrogens with zero attached hydrogens (tertiary/aromatic N) is 2. The van der Waals surface area contributed by atoms with Crippen LogP contribution in [0.4, 0.5) is 0 Å². The van der Waals surface area contributed by atoms with Crippen LogP contribution in [0.2, 0.25) is 10.0 Å². The number of nitrogens with one attached hydrogen (secondary N) is 1. The third-order valence-electron chi connectivity index (χ3n) is 2.26. The summed E-state index contributed by atoms with van der Waals surface area (Å²) < 4.78 is 5.68. The Balaban J connectivity index is 2.33. The number of rotatable bonds is 3. The van der Waals surface area contributed by atoms with Crippen LogP contribution in [0.1, 0.15) is 11.4 Å². The van der Waals surface area contributed by atoms with E-state index in [1.807, 2.05) is 13.0 Å². The molecule has 0 atom stereocenters. The average Bonchev–Trinajstić information content (AvgIpc) is 2.61.